The van der Waals surface area contributed by atoms with Gasteiger partial charge in [-0.05, 0) is 61.1 Å². The van der Waals surface area contributed by atoms with Crippen LogP contribution < -0.4 is 10.3 Å². The number of ether oxygens (including phenoxy) is 1. The molecule has 0 aliphatic heterocycles. The number of nitrogens with zero attached hydrogens (tertiary/aromatic N) is 3. The van der Waals surface area contributed by atoms with E-state index in [1.54, 1.807) is 29.1 Å². The summed E-state index contributed by atoms with van der Waals surface area (Å²) >= 11 is 17.2. The number of halogens is 2. The number of aromatic nitrogens is 3. The molecule has 0 bridgehead atoms. The maximum atomic E-state index is 6.00. The molecule has 0 aliphatic rings. The van der Waals surface area contributed by atoms with Gasteiger partial charge >= 0.3 is 0 Å². The van der Waals surface area contributed by atoms with E-state index in [1.807, 2.05) is 31.2 Å². The lowest BCUT2D eigenvalue weighted by atomic mass is 10.2. The average Bonchev–Trinajstić information content (AvgIpc) is 3.00. The van der Waals surface area contributed by atoms with Crippen LogP contribution in [0.3, 0.4) is 0 Å². The number of nitrogens with one attached hydrogen (secondary N) is 2. The molecule has 3 aromatic rings. The van der Waals surface area contributed by atoms with Crippen LogP contribution in [0.25, 0.3) is 11.4 Å². The second-order valence-electron chi connectivity index (χ2n) is 5.18. The van der Waals surface area contributed by atoms with Crippen LogP contribution in [0.2, 0.25) is 10.0 Å². The highest BCUT2D eigenvalue weighted by atomic mass is 35.5. The first kappa shape index (κ1) is 18.4. The zero-order chi connectivity index (χ0) is 18.5. The summed E-state index contributed by atoms with van der Waals surface area (Å²) in [5.74, 6) is 1.40. The Bertz CT molecular complexity index is 982. The molecule has 2 aromatic carbocycles. The first-order chi connectivity index (χ1) is 12.6. The smallest absolute Gasteiger partial charge is 0.216 e. The molecule has 9 heteroatoms. The Labute approximate surface area is 165 Å². The Morgan fingerprint density at radius 1 is 1.23 bits per heavy atom. The predicted octanol–water partition coefficient (Wildman–Crippen LogP) is 4.89. The average molecular weight is 408 g/mol. The van der Waals surface area contributed by atoms with Gasteiger partial charge in [-0.2, -0.15) is 14.9 Å². The summed E-state index contributed by atoms with van der Waals surface area (Å²) in [6.07, 6.45) is 1.61. The summed E-state index contributed by atoms with van der Waals surface area (Å²) in [5, 5.41) is 12.1. The van der Waals surface area contributed by atoms with E-state index in [0.29, 0.717) is 27.2 Å². The van der Waals surface area contributed by atoms with Crippen molar-refractivity contribution in [3.63, 3.8) is 0 Å². The van der Waals surface area contributed by atoms with Crippen molar-refractivity contribution in [2.75, 3.05) is 12.1 Å². The molecule has 2 N–H and O–H groups in total. The highest BCUT2D eigenvalue weighted by Crippen LogP contribution is 2.22. The van der Waals surface area contributed by atoms with E-state index in [2.05, 4.69) is 20.8 Å². The van der Waals surface area contributed by atoms with Crippen LogP contribution in [0.15, 0.2) is 47.6 Å². The predicted molar refractivity (Wildman–Crippen MR) is 107 cm³/mol. The molecule has 0 saturated heterocycles. The molecule has 1 heterocycles. The van der Waals surface area contributed by atoms with Crippen LogP contribution in [-0.2, 0) is 0 Å². The second-order valence-corrected chi connectivity index (χ2v) is 6.38. The zero-order valence-corrected chi connectivity index (χ0v) is 16.1. The zero-order valence-electron chi connectivity index (χ0n) is 13.7. The number of rotatable bonds is 6. The van der Waals surface area contributed by atoms with Gasteiger partial charge in [-0.1, -0.05) is 29.3 Å². The molecule has 0 atom stereocenters. The summed E-state index contributed by atoms with van der Waals surface area (Å²) < 4.78 is 7.41. The van der Waals surface area contributed by atoms with Crippen LogP contribution in [0.1, 0.15) is 12.5 Å². The number of hydrogen-bond acceptors (Lipinski definition) is 5. The van der Waals surface area contributed by atoms with Crippen molar-refractivity contribution >= 4 is 41.6 Å². The van der Waals surface area contributed by atoms with Crippen molar-refractivity contribution < 1.29 is 4.74 Å². The van der Waals surface area contributed by atoms with E-state index in [9.17, 15) is 0 Å². The van der Waals surface area contributed by atoms with Gasteiger partial charge in [-0.3, -0.25) is 0 Å². The van der Waals surface area contributed by atoms with Gasteiger partial charge < -0.3 is 4.74 Å². The SMILES string of the molecule is CCOc1ccc(-c2n[nH]c(=S)n2N/N=C/c2ccc(Cl)c(Cl)c2)cc1. The van der Waals surface area contributed by atoms with Crippen molar-refractivity contribution in [2.45, 2.75) is 6.92 Å². The van der Waals surface area contributed by atoms with Gasteiger partial charge in [-0.25, -0.2) is 10.6 Å². The minimum absolute atomic E-state index is 0.389. The second kappa shape index (κ2) is 8.35. The van der Waals surface area contributed by atoms with Gasteiger partial charge in [0.05, 0.1) is 22.9 Å². The molecule has 0 amide bonds. The summed E-state index contributed by atoms with van der Waals surface area (Å²) in [4.78, 5) is 0. The standard InChI is InChI=1S/C17H15Cl2N5OS/c1-2-25-13-6-4-12(5-7-13)16-21-22-17(26)24(16)23-20-10-11-3-8-14(18)15(19)9-11/h3-10,23H,2H2,1H3,(H,22,26)/b20-10+. The maximum absolute atomic E-state index is 6.00. The lowest BCUT2D eigenvalue weighted by Crippen LogP contribution is -2.10. The first-order valence-electron chi connectivity index (χ1n) is 7.73. The normalized spacial score (nSPS) is 11.0. The molecule has 0 spiro atoms. The van der Waals surface area contributed by atoms with Crippen molar-refractivity contribution in [2.24, 2.45) is 5.10 Å². The third kappa shape index (κ3) is 4.24. The van der Waals surface area contributed by atoms with E-state index in [0.717, 1.165) is 16.9 Å². The van der Waals surface area contributed by atoms with Crippen molar-refractivity contribution in [3.05, 3.63) is 62.8 Å². The van der Waals surface area contributed by atoms with Crippen LogP contribution in [0.4, 0.5) is 0 Å². The first-order valence-corrected chi connectivity index (χ1v) is 8.89. The molecule has 0 aliphatic carbocycles. The number of benzene rings is 2. The Morgan fingerprint density at radius 2 is 2.00 bits per heavy atom. The van der Waals surface area contributed by atoms with Crippen LogP contribution in [-0.4, -0.2) is 27.7 Å². The van der Waals surface area contributed by atoms with Crippen molar-refractivity contribution in [1.82, 2.24) is 14.9 Å². The summed E-state index contributed by atoms with van der Waals surface area (Å²) in [6.45, 7) is 2.55. The lowest BCUT2D eigenvalue weighted by Gasteiger charge is -2.07. The van der Waals surface area contributed by atoms with Crippen LogP contribution in [0, 0.1) is 4.77 Å². The molecule has 6 nitrogen and oxygen atoms in total. The largest absolute Gasteiger partial charge is 0.494 e. The minimum Gasteiger partial charge on any atom is -0.494 e. The van der Waals surface area contributed by atoms with Crippen molar-refractivity contribution in [3.8, 4) is 17.1 Å². The molecule has 0 fully saturated rings. The monoisotopic (exact) mass is 407 g/mol. The fourth-order valence-corrected chi connectivity index (χ4v) is 2.68. The van der Waals surface area contributed by atoms with Gasteiger partial charge in [0.1, 0.15) is 5.75 Å². The number of aromatic amines is 1. The summed E-state index contributed by atoms with van der Waals surface area (Å²) in [7, 11) is 0. The fraction of sp³-hybridized carbons (Fsp3) is 0.118. The third-order valence-corrected chi connectivity index (χ3v) is 4.42. The quantitative estimate of drug-likeness (QED) is 0.346. The van der Waals surface area contributed by atoms with Gasteiger partial charge in [0.2, 0.25) is 4.77 Å². The third-order valence-electron chi connectivity index (χ3n) is 3.41. The fourth-order valence-electron chi connectivity index (χ4n) is 2.20. The molecule has 0 saturated carbocycles. The van der Waals surface area contributed by atoms with Crippen LogP contribution >= 0.6 is 35.4 Å². The molecule has 1 aromatic heterocycles. The molecular formula is C17H15Cl2N5OS. The molecular weight excluding hydrogens is 393 g/mol. The highest BCUT2D eigenvalue weighted by Gasteiger charge is 2.08. The van der Waals surface area contributed by atoms with E-state index < -0.39 is 0 Å². The van der Waals surface area contributed by atoms with Gasteiger partial charge in [-0.15, -0.1) is 0 Å². The van der Waals surface area contributed by atoms with Gasteiger partial charge in [0, 0.05) is 5.56 Å². The molecule has 134 valence electrons. The summed E-state index contributed by atoms with van der Waals surface area (Å²) in [6, 6.07) is 12.8. The Morgan fingerprint density at radius 3 is 2.69 bits per heavy atom. The number of hydrazone groups is 1. The lowest BCUT2D eigenvalue weighted by molar-refractivity contribution is 0.340. The Kier molecular flexibility index (Phi) is 5.92. The Hall–Kier alpha value is -2.35. The molecule has 3 rings (SSSR count). The van der Waals surface area contributed by atoms with E-state index in [-0.39, 0.29) is 0 Å². The van der Waals surface area contributed by atoms with E-state index in [1.165, 1.54) is 0 Å². The molecule has 0 radical (unpaired) electrons. The molecule has 26 heavy (non-hydrogen) atoms. The maximum Gasteiger partial charge on any atom is 0.216 e. The number of H-pyrrole nitrogens is 1. The van der Waals surface area contributed by atoms with Crippen LogP contribution in [0.5, 0.6) is 5.75 Å². The Balaban J connectivity index is 1.80. The van der Waals surface area contributed by atoms with Crippen molar-refractivity contribution in [1.29, 1.82) is 0 Å². The van der Waals surface area contributed by atoms with Gasteiger partial charge in [0.25, 0.3) is 0 Å². The van der Waals surface area contributed by atoms with E-state index in [4.69, 9.17) is 40.2 Å². The topological polar surface area (TPSA) is 67.2 Å². The summed E-state index contributed by atoms with van der Waals surface area (Å²) in [5.41, 5.74) is 4.52. The molecule has 0 unspecified atom stereocenters. The minimum atomic E-state index is 0.389. The van der Waals surface area contributed by atoms with Gasteiger partial charge in [0.15, 0.2) is 5.82 Å². The van der Waals surface area contributed by atoms with E-state index >= 15 is 0 Å². The number of hydrogen-bond donors (Lipinski definition) is 2. The highest BCUT2D eigenvalue weighted by molar-refractivity contribution is 7.71.